The number of nitrogens with one attached hydrogen (secondary N) is 1. The average molecular weight is 407 g/mol. The lowest BCUT2D eigenvalue weighted by Gasteiger charge is -2.13. The van der Waals surface area contributed by atoms with Crippen molar-refractivity contribution in [3.8, 4) is 17.1 Å². The maximum atomic E-state index is 6.09. The maximum Gasteiger partial charge on any atom is 0.229 e. The van der Waals surface area contributed by atoms with E-state index in [0.29, 0.717) is 33.5 Å². The summed E-state index contributed by atoms with van der Waals surface area (Å²) < 4.78 is 5.36. The minimum atomic E-state index is -0.126. The molecule has 3 rings (SSSR count). The van der Waals surface area contributed by atoms with Gasteiger partial charge in [0, 0.05) is 19.1 Å². The highest BCUT2D eigenvalue weighted by Crippen LogP contribution is 2.34. The number of nitrogen functional groups attached to an aromatic ring is 1. The molecule has 3 N–H and O–H groups in total. The van der Waals surface area contributed by atoms with Crippen molar-refractivity contribution in [2.75, 3.05) is 31.8 Å². The van der Waals surface area contributed by atoms with Gasteiger partial charge in [0.05, 0.1) is 17.9 Å². The predicted octanol–water partition coefficient (Wildman–Crippen LogP) is 2.82. The number of nitrogens with zero attached hydrogens (tertiary/aromatic N) is 6. The molecular weight excluding hydrogens is 388 g/mol. The van der Waals surface area contributed by atoms with Crippen LogP contribution in [0.2, 0.25) is 5.02 Å². The molecule has 0 bridgehead atoms. The van der Waals surface area contributed by atoms with Gasteiger partial charge in [-0.1, -0.05) is 23.4 Å². The van der Waals surface area contributed by atoms with E-state index >= 15 is 0 Å². The number of ether oxygens (including phenoxy) is 1. The Morgan fingerprint density at radius 2 is 2.00 bits per heavy atom. The first-order valence-corrected chi connectivity index (χ1v) is 9.25. The number of hydrogen-bond donors (Lipinski definition) is 2. The minimum Gasteiger partial charge on any atom is -0.496 e. The number of anilines is 2. The van der Waals surface area contributed by atoms with E-state index in [1.165, 1.54) is 11.8 Å². The zero-order valence-electron chi connectivity index (χ0n) is 15.3. The van der Waals surface area contributed by atoms with Crippen molar-refractivity contribution < 1.29 is 4.74 Å². The molecule has 0 aliphatic rings. The summed E-state index contributed by atoms with van der Waals surface area (Å²) in [6.45, 7) is 1.95. The van der Waals surface area contributed by atoms with E-state index in [1.54, 1.807) is 30.2 Å². The van der Waals surface area contributed by atoms with E-state index in [-0.39, 0.29) is 11.2 Å². The van der Waals surface area contributed by atoms with Gasteiger partial charge in [0.2, 0.25) is 17.1 Å². The van der Waals surface area contributed by atoms with E-state index in [9.17, 15) is 0 Å². The number of benzene rings is 1. The van der Waals surface area contributed by atoms with Crippen LogP contribution < -0.4 is 15.4 Å². The zero-order chi connectivity index (χ0) is 19.6. The van der Waals surface area contributed by atoms with Crippen LogP contribution in [0.25, 0.3) is 11.4 Å². The Kier molecular flexibility index (Phi) is 5.66. The second-order valence-corrected chi connectivity index (χ2v) is 7.56. The summed E-state index contributed by atoms with van der Waals surface area (Å²) in [4.78, 5) is 19.0. The third kappa shape index (κ3) is 4.40. The largest absolute Gasteiger partial charge is 0.496 e. The van der Waals surface area contributed by atoms with Gasteiger partial charge in [-0.05, 0) is 25.1 Å². The van der Waals surface area contributed by atoms with Crippen molar-refractivity contribution in [2.24, 2.45) is 0 Å². The Morgan fingerprint density at radius 1 is 1.22 bits per heavy atom. The van der Waals surface area contributed by atoms with Crippen LogP contribution in [0.15, 0.2) is 23.4 Å². The Hall–Kier alpha value is -2.59. The molecule has 0 fully saturated rings. The lowest BCUT2D eigenvalue weighted by molar-refractivity contribution is 0.416. The minimum absolute atomic E-state index is 0.126. The van der Waals surface area contributed by atoms with E-state index in [1.807, 2.05) is 21.0 Å². The standard InChI is InChI=1S/C16H19ClN8OS/c1-8(12-19-14(18)22-15(20-12)25(2)3)27-16-21-13(23-24-16)10-7-9(17)5-6-11(10)26-4/h5-8H,1-4H3,(H,21,23,24)(H2,18,19,20,22). The van der Waals surface area contributed by atoms with Crippen molar-refractivity contribution >= 4 is 35.3 Å². The van der Waals surface area contributed by atoms with Gasteiger partial charge in [-0.3, -0.25) is 5.10 Å². The first-order chi connectivity index (χ1) is 12.9. The highest BCUT2D eigenvalue weighted by Gasteiger charge is 2.18. The molecule has 0 aliphatic carbocycles. The summed E-state index contributed by atoms with van der Waals surface area (Å²) in [6.07, 6.45) is 0. The van der Waals surface area contributed by atoms with Crippen LogP contribution >= 0.6 is 23.4 Å². The molecule has 0 saturated heterocycles. The fourth-order valence-electron chi connectivity index (χ4n) is 2.27. The number of H-pyrrole nitrogens is 1. The lowest BCUT2D eigenvalue weighted by Crippen LogP contribution is -2.16. The van der Waals surface area contributed by atoms with Crippen LogP contribution in [0.4, 0.5) is 11.9 Å². The third-order valence-corrected chi connectivity index (χ3v) is 4.78. The Morgan fingerprint density at radius 3 is 2.70 bits per heavy atom. The average Bonchev–Trinajstić information content (AvgIpc) is 3.09. The van der Waals surface area contributed by atoms with Gasteiger partial charge in [0.15, 0.2) is 5.82 Å². The fraction of sp³-hybridized carbons (Fsp3) is 0.312. The third-order valence-electron chi connectivity index (χ3n) is 3.59. The first-order valence-electron chi connectivity index (χ1n) is 7.99. The van der Waals surface area contributed by atoms with Crippen LogP contribution in [0.5, 0.6) is 5.75 Å². The summed E-state index contributed by atoms with van der Waals surface area (Å²) in [6, 6.07) is 5.31. The van der Waals surface area contributed by atoms with Crippen LogP contribution in [0.3, 0.4) is 0 Å². The number of aromatic nitrogens is 6. The summed E-state index contributed by atoms with van der Waals surface area (Å²) in [5.74, 6) is 2.46. The van der Waals surface area contributed by atoms with E-state index in [0.717, 1.165) is 5.56 Å². The molecule has 27 heavy (non-hydrogen) atoms. The van der Waals surface area contributed by atoms with Crippen LogP contribution in [0.1, 0.15) is 18.0 Å². The maximum absolute atomic E-state index is 6.09. The van der Waals surface area contributed by atoms with Gasteiger partial charge in [0.25, 0.3) is 0 Å². The van der Waals surface area contributed by atoms with Crippen LogP contribution in [0, 0.1) is 0 Å². The second kappa shape index (κ2) is 7.97. The number of rotatable bonds is 6. The predicted molar refractivity (Wildman–Crippen MR) is 106 cm³/mol. The molecule has 1 aromatic carbocycles. The second-order valence-electron chi connectivity index (χ2n) is 5.82. The highest BCUT2D eigenvalue weighted by molar-refractivity contribution is 7.99. The molecule has 0 radical (unpaired) electrons. The van der Waals surface area contributed by atoms with E-state index in [2.05, 4.69) is 30.1 Å². The summed E-state index contributed by atoms with van der Waals surface area (Å²) in [7, 11) is 5.28. The SMILES string of the molecule is COc1ccc(Cl)cc1-c1nc(SC(C)c2nc(N)nc(N(C)C)n2)n[nH]1. The van der Waals surface area contributed by atoms with Crippen molar-refractivity contribution in [3.63, 3.8) is 0 Å². The van der Waals surface area contributed by atoms with Crippen molar-refractivity contribution in [2.45, 2.75) is 17.3 Å². The lowest BCUT2D eigenvalue weighted by atomic mass is 10.2. The number of thioether (sulfide) groups is 1. The van der Waals surface area contributed by atoms with Crippen LogP contribution in [-0.4, -0.2) is 51.3 Å². The number of nitrogens with two attached hydrogens (primary N) is 1. The summed E-state index contributed by atoms with van der Waals surface area (Å²) in [5, 5.41) is 8.18. The van der Waals surface area contributed by atoms with Gasteiger partial charge >= 0.3 is 0 Å². The summed E-state index contributed by atoms with van der Waals surface area (Å²) in [5.41, 5.74) is 6.53. The molecule has 0 amide bonds. The highest BCUT2D eigenvalue weighted by atomic mass is 35.5. The van der Waals surface area contributed by atoms with Gasteiger partial charge < -0.3 is 15.4 Å². The molecule has 0 spiro atoms. The van der Waals surface area contributed by atoms with Gasteiger partial charge in [0.1, 0.15) is 11.6 Å². The Labute approximate surface area is 165 Å². The van der Waals surface area contributed by atoms with Crippen molar-refractivity contribution in [1.82, 2.24) is 30.1 Å². The molecule has 0 aliphatic heterocycles. The molecule has 9 nitrogen and oxygen atoms in total. The van der Waals surface area contributed by atoms with Crippen LogP contribution in [-0.2, 0) is 0 Å². The molecule has 2 aromatic heterocycles. The van der Waals surface area contributed by atoms with Gasteiger partial charge in [-0.25, -0.2) is 4.98 Å². The van der Waals surface area contributed by atoms with Gasteiger partial charge in [-0.15, -0.1) is 5.10 Å². The smallest absolute Gasteiger partial charge is 0.229 e. The number of aromatic amines is 1. The quantitative estimate of drug-likeness (QED) is 0.595. The normalized spacial score (nSPS) is 12.0. The molecule has 2 heterocycles. The Bertz CT molecular complexity index is 948. The number of hydrogen-bond acceptors (Lipinski definition) is 9. The molecule has 0 saturated carbocycles. The summed E-state index contributed by atoms with van der Waals surface area (Å²) >= 11 is 7.49. The fourth-order valence-corrected chi connectivity index (χ4v) is 3.22. The monoisotopic (exact) mass is 406 g/mol. The number of methoxy groups -OCH3 is 1. The molecule has 11 heteroatoms. The topological polar surface area (TPSA) is 119 Å². The molecule has 1 unspecified atom stereocenters. The van der Waals surface area contributed by atoms with E-state index < -0.39 is 0 Å². The van der Waals surface area contributed by atoms with Crippen molar-refractivity contribution in [1.29, 1.82) is 0 Å². The zero-order valence-corrected chi connectivity index (χ0v) is 16.8. The molecule has 142 valence electrons. The number of halogens is 1. The van der Waals surface area contributed by atoms with Gasteiger partial charge in [-0.2, -0.15) is 15.0 Å². The van der Waals surface area contributed by atoms with E-state index in [4.69, 9.17) is 22.1 Å². The first kappa shape index (κ1) is 19.2. The molecule has 3 aromatic rings. The molecule has 1 atom stereocenters. The van der Waals surface area contributed by atoms with Crippen molar-refractivity contribution in [3.05, 3.63) is 29.0 Å². The molecular formula is C16H19ClN8OS. The Balaban J connectivity index is 1.83.